The van der Waals surface area contributed by atoms with Crippen LogP contribution in [0, 0.1) is 0 Å². The summed E-state index contributed by atoms with van der Waals surface area (Å²) in [5.74, 6) is -0.667. The van der Waals surface area contributed by atoms with Crippen molar-refractivity contribution in [2.45, 2.75) is 18.9 Å². The number of hydrogen-bond acceptors (Lipinski definition) is 5. The lowest BCUT2D eigenvalue weighted by molar-refractivity contribution is -0.136. The van der Waals surface area contributed by atoms with Gasteiger partial charge in [0.2, 0.25) is 5.91 Å². The van der Waals surface area contributed by atoms with Gasteiger partial charge in [-0.2, -0.15) is 0 Å². The van der Waals surface area contributed by atoms with E-state index >= 15 is 0 Å². The summed E-state index contributed by atoms with van der Waals surface area (Å²) in [6, 6.07) is 0.457. The Morgan fingerprint density at radius 2 is 1.81 bits per heavy atom. The molecule has 0 N–H and O–H groups in total. The molecule has 3 heterocycles. The number of furan rings is 1. The third-order valence-corrected chi connectivity index (χ3v) is 4.94. The van der Waals surface area contributed by atoms with E-state index in [0.717, 1.165) is 4.90 Å². The van der Waals surface area contributed by atoms with Gasteiger partial charge in [0, 0.05) is 40.3 Å². The molecule has 140 valence electrons. The number of imide groups is 1. The van der Waals surface area contributed by atoms with Crippen LogP contribution in [0.25, 0.3) is 0 Å². The van der Waals surface area contributed by atoms with Crippen molar-refractivity contribution in [3.05, 3.63) is 24.2 Å². The van der Waals surface area contributed by atoms with E-state index in [2.05, 4.69) is 0 Å². The van der Waals surface area contributed by atoms with Crippen molar-refractivity contribution in [3.63, 3.8) is 0 Å². The number of rotatable bonds is 3. The second-order valence-electron chi connectivity index (χ2n) is 6.55. The SMILES string of the molecule is CN1C(=O)[C@H](CC(=O)N2CCCN(C(=O)c3ccoc3)CC2)N(C)C1=O. The first-order valence-electron chi connectivity index (χ1n) is 8.53. The summed E-state index contributed by atoms with van der Waals surface area (Å²) in [6.45, 7) is 1.89. The van der Waals surface area contributed by atoms with E-state index in [9.17, 15) is 19.2 Å². The number of hydrogen-bond donors (Lipinski definition) is 0. The van der Waals surface area contributed by atoms with E-state index in [1.165, 1.54) is 31.5 Å². The summed E-state index contributed by atoms with van der Waals surface area (Å²) in [6.07, 6.45) is 3.48. The molecule has 0 saturated carbocycles. The van der Waals surface area contributed by atoms with Gasteiger partial charge in [0.15, 0.2) is 0 Å². The monoisotopic (exact) mass is 362 g/mol. The summed E-state index contributed by atoms with van der Waals surface area (Å²) in [5, 5.41) is 0. The number of urea groups is 1. The number of carbonyl (C=O) groups excluding carboxylic acids is 4. The Morgan fingerprint density at radius 3 is 2.42 bits per heavy atom. The van der Waals surface area contributed by atoms with Crippen LogP contribution >= 0.6 is 0 Å². The van der Waals surface area contributed by atoms with Gasteiger partial charge < -0.3 is 19.1 Å². The van der Waals surface area contributed by atoms with Crippen molar-refractivity contribution in [2.24, 2.45) is 0 Å². The van der Waals surface area contributed by atoms with Gasteiger partial charge >= 0.3 is 6.03 Å². The molecule has 9 heteroatoms. The quantitative estimate of drug-likeness (QED) is 0.718. The minimum atomic E-state index is -0.757. The second kappa shape index (κ2) is 7.19. The fraction of sp³-hybridized carbons (Fsp3) is 0.529. The van der Waals surface area contributed by atoms with Crippen molar-refractivity contribution in [1.29, 1.82) is 0 Å². The van der Waals surface area contributed by atoms with Gasteiger partial charge in [0.25, 0.3) is 11.8 Å². The standard InChI is InChI=1S/C17H22N4O5/c1-18-13(16(24)19(2)17(18)25)10-14(22)20-5-3-6-21(8-7-20)15(23)12-4-9-26-11-12/h4,9,11,13H,3,5-8,10H2,1-2H3/t13-/m0/s1. The molecule has 1 atom stereocenters. The van der Waals surface area contributed by atoms with E-state index in [0.29, 0.717) is 38.2 Å². The predicted octanol–water partition coefficient (Wildman–Crippen LogP) is 0.237. The highest BCUT2D eigenvalue weighted by Gasteiger charge is 2.42. The molecule has 9 nitrogen and oxygen atoms in total. The van der Waals surface area contributed by atoms with Gasteiger partial charge in [-0.15, -0.1) is 0 Å². The van der Waals surface area contributed by atoms with Crippen LogP contribution < -0.4 is 0 Å². The molecule has 2 aliphatic rings. The Labute approximate surface area is 151 Å². The molecule has 1 aromatic heterocycles. The van der Waals surface area contributed by atoms with Crippen LogP contribution in [0.2, 0.25) is 0 Å². The number of likely N-dealkylation sites (N-methyl/N-ethyl adjacent to an activating group) is 2. The minimum absolute atomic E-state index is 0.0406. The Balaban J connectivity index is 1.59. The summed E-state index contributed by atoms with van der Waals surface area (Å²) in [5.41, 5.74) is 0.490. The molecular formula is C17H22N4O5. The zero-order chi connectivity index (χ0) is 18.8. The Hall–Kier alpha value is -2.84. The lowest BCUT2D eigenvalue weighted by atomic mass is 10.1. The van der Waals surface area contributed by atoms with Crippen LogP contribution in [-0.2, 0) is 9.59 Å². The number of carbonyl (C=O) groups is 4. The van der Waals surface area contributed by atoms with Crippen molar-refractivity contribution in [3.8, 4) is 0 Å². The minimum Gasteiger partial charge on any atom is -0.472 e. The highest BCUT2D eigenvalue weighted by molar-refractivity contribution is 6.05. The van der Waals surface area contributed by atoms with Gasteiger partial charge in [0.05, 0.1) is 18.2 Å². The molecule has 1 aromatic rings. The Bertz CT molecular complexity index is 717. The third kappa shape index (κ3) is 3.29. The first kappa shape index (κ1) is 18.0. The van der Waals surface area contributed by atoms with Crippen LogP contribution in [-0.4, -0.2) is 89.7 Å². The predicted molar refractivity (Wildman–Crippen MR) is 90.1 cm³/mol. The van der Waals surface area contributed by atoms with Gasteiger partial charge in [-0.05, 0) is 12.5 Å². The van der Waals surface area contributed by atoms with E-state index < -0.39 is 12.1 Å². The third-order valence-electron chi connectivity index (χ3n) is 4.94. The average Bonchev–Trinajstić information content (AvgIpc) is 3.13. The molecule has 2 aliphatic heterocycles. The maximum absolute atomic E-state index is 12.6. The fourth-order valence-electron chi connectivity index (χ4n) is 3.31. The van der Waals surface area contributed by atoms with Crippen molar-refractivity contribution in [2.75, 3.05) is 40.3 Å². The summed E-state index contributed by atoms with van der Waals surface area (Å²) >= 11 is 0. The first-order valence-corrected chi connectivity index (χ1v) is 8.53. The molecule has 0 radical (unpaired) electrons. The maximum atomic E-state index is 12.6. The summed E-state index contributed by atoms with van der Waals surface area (Å²) in [4.78, 5) is 54.6. The first-order chi connectivity index (χ1) is 12.4. The molecular weight excluding hydrogens is 340 g/mol. The molecule has 0 aromatic carbocycles. The second-order valence-corrected chi connectivity index (χ2v) is 6.55. The van der Waals surface area contributed by atoms with Gasteiger partial charge in [0.1, 0.15) is 12.3 Å². The van der Waals surface area contributed by atoms with Gasteiger partial charge in [-0.1, -0.05) is 0 Å². The summed E-state index contributed by atoms with van der Waals surface area (Å²) < 4.78 is 4.95. The average molecular weight is 362 g/mol. The van der Waals surface area contributed by atoms with Gasteiger partial charge in [-0.3, -0.25) is 19.3 Å². The molecule has 3 rings (SSSR count). The topological polar surface area (TPSA) is 94.4 Å². The fourth-order valence-corrected chi connectivity index (χ4v) is 3.31. The lowest BCUT2D eigenvalue weighted by Gasteiger charge is -2.24. The molecule has 26 heavy (non-hydrogen) atoms. The normalized spacial score (nSPS) is 21.4. The van der Waals surface area contributed by atoms with Crippen molar-refractivity contribution in [1.82, 2.24) is 19.6 Å². The molecule has 0 unspecified atom stereocenters. The maximum Gasteiger partial charge on any atom is 0.326 e. The smallest absolute Gasteiger partial charge is 0.326 e. The largest absolute Gasteiger partial charge is 0.472 e. The zero-order valence-corrected chi connectivity index (χ0v) is 14.9. The van der Waals surface area contributed by atoms with E-state index in [1.807, 2.05) is 0 Å². The van der Waals surface area contributed by atoms with Gasteiger partial charge in [-0.25, -0.2) is 4.79 Å². The molecule has 0 bridgehead atoms. The van der Waals surface area contributed by atoms with Crippen molar-refractivity contribution >= 4 is 23.8 Å². The molecule has 0 spiro atoms. The highest BCUT2D eigenvalue weighted by atomic mass is 16.3. The molecule has 5 amide bonds. The van der Waals surface area contributed by atoms with E-state index in [1.54, 1.807) is 15.9 Å². The van der Waals surface area contributed by atoms with Crippen molar-refractivity contribution < 1.29 is 23.6 Å². The zero-order valence-electron chi connectivity index (χ0n) is 14.9. The number of nitrogens with zero attached hydrogens (tertiary/aromatic N) is 4. The highest BCUT2D eigenvalue weighted by Crippen LogP contribution is 2.18. The van der Waals surface area contributed by atoms with Crippen LogP contribution in [0.3, 0.4) is 0 Å². The van der Waals surface area contributed by atoms with E-state index in [-0.39, 0.29) is 24.1 Å². The molecule has 2 saturated heterocycles. The van der Waals surface area contributed by atoms with Crippen LogP contribution in [0.1, 0.15) is 23.2 Å². The number of amides is 5. The lowest BCUT2D eigenvalue weighted by Crippen LogP contribution is -2.41. The molecule has 2 fully saturated rings. The molecule has 0 aliphatic carbocycles. The van der Waals surface area contributed by atoms with E-state index in [4.69, 9.17) is 4.42 Å². The Morgan fingerprint density at radius 1 is 1.12 bits per heavy atom. The van der Waals surface area contributed by atoms with Crippen LogP contribution in [0.5, 0.6) is 0 Å². The van der Waals surface area contributed by atoms with Crippen LogP contribution in [0.15, 0.2) is 23.0 Å². The Kier molecular flexibility index (Phi) is 4.97. The summed E-state index contributed by atoms with van der Waals surface area (Å²) in [7, 11) is 2.94. The van der Waals surface area contributed by atoms with Crippen LogP contribution in [0.4, 0.5) is 4.79 Å².